The van der Waals surface area contributed by atoms with Gasteiger partial charge in [-0.3, -0.25) is 9.59 Å². The molecule has 0 aromatic rings. The maximum Gasteiger partial charge on any atom is 4.00 e. The van der Waals surface area contributed by atoms with Crippen LogP contribution < -0.4 is 19.6 Å². The summed E-state index contributed by atoms with van der Waals surface area (Å²) in [6, 6.07) is 0. The summed E-state index contributed by atoms with van der Waals surface area (Å²) < 4.78 is 27.3. The van der Waals surface area contributed by atoms with E-state index in [1.54, 1.807) is 0 Å². The van der Waals surface area contributed by atoms with Crippen LogP contribution >= 0.6 is 15.6 Å². The molecular formula is C13H22O18P2. The number of Topliss-reactive ketones (excluding diaryl/α,β-unsaturated/α-hetero) is 2. The van der Waals surface area contributed by atoms with Gasteiger partial charge < -0.3 is 78.6 Å². The minimum absolute atomic E-state index is 0. The first kappa shape index (κ1) is 36.8. The minimum Gasteiger partial charge on any atom is -0.790 e. The molecule has 0 bridgehead atoms. The van der Waals surface area contributed by atoms with Crippen molar-refractivity contribution in [3.05, 3.63) is 7.43 Å². The summed E-state index contributed by atoms with van der Waals surface area (Å²) in [5.41, 5.74) is 0. The Bertz CT molecular complexity index is 604. The molecule has 0 aromatic heterocycles. The Balaban J connectivity index is -0.000000529. The smallest absolute Gasteiger partial charge is 0.790 e. The monoisotopic (exact) mass is 528 g/mol. The van der Waals surface area contributed by atoms with Crippen molar-refractivity contribution in [3.8, 4) is 0 Å². The van der Waals surface area contributed by atoms with E-state index in [-0.39, 0.29) is 7.43 Å². The van der Waals surface area contributed by atoms with Gasteiger partial charge in [0.15, 0.2) is 11.6 Å². The molecule has 0 rings (SSSR count). The van der Waals surface area contributed by atoms with Gasteiger partial charge in [-0.1, -0.05) is 0 Å². The number of carbonyl (C=O) groups is 2. The van der Waals surface area contributed by atoms with E-state index in [9.17, 15) is 38.3 Å². The van der Waals surface area contributed by atoms with Crippen LogP contribution in [0.5, 0.6) is 0 Å². The van der Waals surface area contributed by atoms with Gasteiger partial charge in [-0.2, -0.15) is 0 Å². The number of aliphatic hydroxyl groups excluding tert-OH is 8. The van der Waals surface area contributed by atoms with E-state index in [0.717, 1.165) is 0 Å². The second-order valence-corrected chi connectivity index (χ2v) is 8.05. The minimum atomic E-state index is -5.31. The maximum atomic E-state index is 10.7. The summed E-state index contributed by atoms with van der Waals surface area (Å²) in [4.78, 5) is 61.4. The summed E-state index contributed by atoms with van der Waals surface area (Å²) in [7, 11) is -10.6. The molecular weight excluding hydrogens is 506 g/mol. The number of phosphoric ester groups is 2. The molecule has 0 heterocycles. The third-order valence-electron chi connectivity index (χ3n) is 3.21. The van der Waals surface area contributed by atoms with Crippen molar-refractivity contribution in [1.29, 1.82) is 0 Å². The van der Waals surface area contributed by atoms with Gasteiger partial charge in [-0.15, -0.1) is 0 Å². The van der Waals surface area contributed by atoms with E-state index in [1.165, 1.54) is 0 Å². The van der Waals surface area contributed by atoms with Gasteiger partial charge in [0.2, 0.25) is 0 Å². The second kappa shape index (κ2) is 16.8. The van der Waals surface area contributed by atoms with Gasteiger partial charge in [0.05, 0.1) is 28.9 Å². The van der Waals surface area contributed by atoms with E-state index in [1.807, 2.05) is 0 Å². The van der Waals surface area contributed by atoms with Crippen LogP contribution in [0.3, 0.4) is 0 Å². The van der Waals surface area contributed by atoms with Crippen LogP contribution in [-0.2, 0) is 27.8 Å². The van der Waals surface area contributed by atoms with Crippen LogP contribution in [-0.4, -0.2) is 115 Å². The first-order valence-electron chi connectivity index (χ1n) is 8.06. The van der Waals surface area contributed by atoms with Crippen molar-refractivity contribution in [2.45, 2.75) is 36.6 Å². The first-order chi connectivity index (χ1) is 14.4. The maximum absolute atomic E-state index is 10.7. The number of hydrogen-bond donors (Lipinski definition) is 8. The molecule has 0 amide bonds. The predicted octanol–water partition coefficient (Wildman–Crippen LogP) is -8.97. The third-order valence-corrected chi connectivity index (χ3v) is 4.14. The number of carbonyl (C=O) groups excluding carboxylic acids is 2. The number of hydrogen-bond acceptors (Lipinski definition) is 18. The van der Waals surface area contributed by atoms with Crippen molar-refractivity contribution in [1.82, 2.24) is 0 Å². The Morgan fingerprint density at radius 2 is 0.909 bits per heavy atom. The van der Waals surface area contributed by atoms with Crippen molar-refractivity contribution < 1.29 is 88.2 Å². The van der Waals surface area contributed by atoms with Crippen molar-refractivity contribution in [2.24, 2.45) is 0 Å². The van der Waals surface area contributed by atoms with Crippen molar-refractivity contribution in [3.63, 3.8) is 0 Å². The molecule has 0 aliphatic heterocycles. The van der Waals surface area contributed by atoms with Crippen LogP contribution in [0.15, 0.2) is 0 Å². The van der Waals surface area contributed by atoms with Crippen molar-refractivity contribution in [2.75, 3.05) is 26.4 Å². The Labute approximate surface area is 186 Å². The quantitative estimate of drug-likeness (QED) is 0.0969. The molecule has 0 saturated carbocycles. The van der Waals surface area contributed by atoms with Gasteiger partial charge in [-0.05, 0) is 0 Å². The summed E-state index contributed by atoms with van der Waals surface area (Å²) in [6.45, 7) is -4.32. The zero-order valence-electron chi connectivity index (χ0n) is 16.3. The van der Waals surface area contributed by atoms with Gasteiger partial charge in [0.25, 0.3) is 0 Å². The fourth-order valence-corrected chi connectivity index (χ4v) is 2.19. The Morgan fingerprint density at radius 3 is 1.09 bits per heavy atom. The van der Waals surface area contributed by atoms with E-state index in [0.29, 0.717) is 0 Å². The summed E-state index contributed by atoms with van der Waals surface area (Å²) in [6.07, 6.45) is -12.2. The molecule has 6 unspecified atom stereocenters. The molecule has 0 aromatic carbocycles. The van der Waals surface area contributed by atoms with Crippen LogP contribution in [0.25, 0.3) is 0 Å². The Hall–Kier alpha value is -0.760. The van der Waals surface area contributed by atoms with Crippen LogP contribution in [0.2, 0.25) is 0 Å². The Morgan fingerprint density at radius 1 is 0.667 bits per heavy atom. The summed E-state index contributed by atoms with van der Waals surface area (Å²) in [5, 5.41) is 70.8. The fourth-order valence-electron chi connectivity index (χ4n) is 1.52. The number of phosphoric acid groups is 2. The van der Waals surface area contributed by atoms with E-state index >= 15 is 0 Å². The van der Waals surface area contributed by atoms with Gasteiger partial charge in [-0.25, -0.2) is 0 Å². The standard InChI is InChI=1S/2C6H13O9P.C/c2*7-1-3(8)5(10)6(11)4(9)2-15-16(12,13)14;/h2*4-7,9-11H,1-2H2,(H2,12,13,14);/q;;+4/p-4. The van der Waals surface area contributed by atoms with Crippen LogP contribution in [0.4, 0.5) is 0 Å². The SMILES string of the molecule is O=C(CO)C(O)C(O)C(O)COP(=O)([O-])[O-].O=C(CO)C(O)C(O)C(O)COP(=O)([O-])[O-].[C+4]. The van der Waals surface area contributed by atoms with Gasteiger partial charge in [0.1, 0.15) is 49.8 Å². The molecule has 20 heteroatoms. The second-order valence-electron chi connectivity index (χ2n) is 5.74. The third kappa shape index (κ3) is 17.3. The van der Waals surface area contributed by atoms with Crippen LogP contribution in [0.1, 0.15) is 0 Å². The molecule has 0 aliphatic rings. The van der Waals surface area contributed by atoms with E-state index in [2.05, 4.69) is 9.05 Å². The molecule has 0 radical (unpaired) electrons. The van der Waals surface area contributed by atoms with Gasteiger partial charge in [0, 0.05) is 0 Å². The van der Waals surface area contributed by atoms with E-state index < -0.39 is 90.3 Å². The zero-order valence-corrected chi connectivity index (χ0v) is 18.1. The summed E-state index contributed by atoms with van der Waals surface area (Å²) >= 11 is 0. The largest absolute Gasteiger partial charge is 4.00 e. The zero-order chi connectivity index (χ0) is 25.9. The topological polar surface area (TPSA) is 341 Å². The molecule has 6 atom stereocenters. The Kier molecular flexibility index (Phi) is 18.7. The number of rotatable bonds is 14. The number of aliphatic hydroxyl groups is 8. The molecule has 18 nitrogen and oxygen atoms in total. The van der Waals surface area contributed by atoms with Crippen molar-refractivity contribution >= 4 is 27.2 Å². The molecule has 0 spiro atoms. The molecule has 8 N–H and O–H groups in total. The predicted molar refractivity (Wildman–Crippen MR) is 90.6 cm³/mol. The van der Waals surface area contributed by atoms with E-state index in [4.69, 9.17) is 40.9 Å². The average Bonchev–Trinajstić information content (AvgIpc) is 2.71. The molecule has 192 valence electrons. The average molecular weight is 528 g/mol. The summed E-state index contributed by atoms with van der Waals surface area (Å²) in [5.74, 6) is -2.34. The first-order valence-corrected chi connectivity index (χ1v) is 11.0. The number of ketones is 2. The normalized spacial score (nSPS) is 17.3. The molecule has 0 aliphatic carbocycles. The molecule has 0 fully saturated rings. The van der Waals surface area contributed by atoms with Crippen LogP contribution in [0, 0.1) is 7.43 Å². The molecule has 0 saturated heterocycles. The molecule has 33 heavy (non-hydrogen) atoms. The van der Waals surface area contributed by atoms with Gasteiger partial charge >= 0.3 is 7.43 Å². The fraction of sp³-hybridized carbons (Fsp3) is 0.769.